The van der Waals surface area contributed by atoms with Gasteiger partial charge in [0.2, 0.25) is 0 Å². The molecule has 0 atom stereocenters. The van der Waals surface area contributed by atoms with E-state index in [1.165, 1.54) is 61.8 Å². The molecular weight excluding hydrogens is 1310 g/mol. The molecule has 3 aromatic heterocycles. The lowest BCUT2D eigenvalue weighted by atomic mass is 10.0. The topological polar surface area (TPSA) is 258 Å². The minimum atomic E-state index is -4.70. The number of nitrogens with zero attached hydrogens (tertiary/aromatic N) is 7. The van der Waals surface area contributed by atoms with E-state index in [0.717, 1.165) is 33.4 Å². The van der Waals surface area contributed by atoms with E-state index in [1.807, 2.05) is 0 Å². The van der Waals surface area contributed by atoms with E-state index < -0.39 is 52.2 Å². The highest BCUT2D eigenvalue weighted by molar-refractivity contribution is 6.12. The molecule has 23 nitrogen and oxygen atoms in total. The largest absolute Gasteiger partial charge is 0.416 e. The Balaban J connectivity index is 0.678. The van der Waals surface area contributed by atoms with Gasteiger partial charge in [-0.15, -0.1) is 0 Å². The number of alkyl halides is 6. The fraction of sp³-hybridized carbons (Fsp3) is 0.366. The number of pyridine rings is 2. The number of halogens is 6. The Morgan fingerprint density at radius 2 is 0.950 bits per heavy atom. The first kappa shape index (κ1) is 77.4. The van der Waals surface area contributed by atoms with Crippen LogP contribution in [0, 0.1) is 27.0 Å². The van der Waals surface area contributed by atoms with Crippen molar-refractivity contribution < 1.29 is 78.6 Å². The standard InChI is InChI=1S/C71H76F6N10O13/c1-49-59(63(23-25-78)84-55-17-15-53(79-3)16-18-55)47-61(67(90)85(49)57-11-5-9-51(45-57)70(72,73)74)65(88)13-7-29-93-33-37-97-41-43-99-39-35-95-31-27-81-69(92)82-28-32-96-36-40-100-44-42-98-38-34-94-30-8-14-66(89)62-48-60(64-24-26-83-87(64)56-21-19-54(80-4)20-22-56)50(2)86(68(62)91)58-12-6-10-52(46-58)71(75,76)77/h5-6,9-12,15-26,45-48H,7-8,13-14,27-44,78H2,1-2H3,(H2,81,82,92). The Kier molecular flexibility index (Phi) is 30.6. The summed E-state index contributed by atoms with van der Waals surface area (Å²) in [7, 11) is 0. The number of hydrogen-bond acceptors (Lipinski definition) is 16. The molecule has 530 valence electrons. The average Bonchev–Trinajstić information content (AvgIpc) is 1.16. The van der Waals surface area contributed by atoms with Crippen LogP contribution < -0.4 is 27.5 Å². The first-order valence-corrected chi connectivity index (χ1v) is 31.8. The second-order valence-electron chi connectivity index (χ2n) is 21.9. The van der Waals surface area contributed by atoms with E-state index in [4.69, 9.17) is 56.8 Å². The van der Waals surface area contributed by atoms with Gasteiger partial charge in [-0.05, 0) is 118 Å². The second kappa shape index (κ2) is 39.6. The van der Waals surface area contributed by atoms with Crippen LogP contribution in [0.5, 0.6) is 0 Å². The summed E-state index contributed by atoms with van der Waals surface area (Å²) >= 11 is 0. The van der Waals surface area contributed by atoms with Crippen molar-refractivity contribution in [1.82, 2.24) is 29.5 Å². The van der Waals surface area contributed by atoms with Crippen LogP contribution in [0.1, 0.15) is 74.5 Å². The van der Waals surface area contributed by atoms with Crippen LogP contribution in [0.2, 0.25) is 0 Å². The van der Waals surface area contributed by atoms with Crippen LogP contribution in [0.15, 0.2) is 148 Å². The molecular formula is C71H76F6N10O13. The third-order valence-corrected chi connectivity index (χ3v) is 14.9. The van der Waals surface area contributed by atoms with Gasteiger partial charge in [0.15, 0.2) is 22.9 Å². The number of amides is 2. The number of Topliss-reactive ketones (excluding diaryl/α,β-unsaturated/α-hetero) is 2. The predicted octanol–water partition coefficient (Wildman–Crippen LogP) is 11.2. The smallest absolute Gasteiger partial charge is 0.405 e. The van der Waals surface area contributed by atoms with Crippen LogP contribution in [-0.2, 0) is 50.2 Å². The fourth-order valence-corrected chi connectivity index (χ4v) is 9.99. The quantitative estimate of drug-likeness (QED) is 0.0106. The number of carbonyl (C=O) groups is 3. The molecule has 4 aromatic carbocycles. The minimum absolute atomic E-state index is 0.0680. The lowest BCUT2D eigenvalue weighted by Gasteiger charge is -2.18. The van der Waals surface area contributed by atoms with Gasteiger partial charge in [0.25, 0.3) is 11.1 Å². The molecule has 0 saturated carbocycles. The molecule has 0 saturated heterocycles. The summed E-state index contributed by atoms with van der Waals surface area (Å²) in [4.78, 5) is 78.9. The predicted molar refractivity (Wildman–Crippen MR) is 360 cm³/mol. The molecule has 7 aromatic rings. The normalized spacial score (nSPS) is 11.8. The highest BCUT2D eigenvalue weighted by Gasteiger charge is 2.33. The van der Waals surface area contributed by atoms with Crippen molar-refractivity contribution in [2.45, 2.75) is 51.9 Å². The number of allylic oxidation sites excluding steroid dienone is 1. The maximum absolute atomic E-state index is 14.0. The van der Waals surface area contributed by atoms with Gasteiger partial charge in [0, 0.05) is 73.0 Å². The van der Waals surface area contributed by atoms with Gasteiger partial charge < -0.3 is 54.3 Å². The summed E-state index contributed by atoms with van der Waals surface area (Å²) in [5.74, 6) is -1.09. The number of aromatic nitrogens is 4. The number of hydrogen-bond donors (Lipinski definition) is 3. The zero-order valence-electron chi connectivity index (χ0n) is 55.0. The lowest BCUT2D eigenvalue weighted by molar-refractivity contribution is -0.138. The van der Waals surface area contributed by atoms with Gasteiger partial charge in [-0.1, -0.05) is 36.4 Å². The highest BCUT2D eigenvalue weighted by Crippen LogP contribution is 2.34. The Labute approximate surface area is 572 Å². The molecule has 0 aliphatic rings. The summed E-state index contributed by atoms with van der Waals surface area (Å²) in [6.45, 7) is 22.1. The number of carbonyl (C=O) groups excluding carboxylic acids is 3. The monoisotopic (exact) mass is 1390 g/mol. The maximum atomic E-state index is 14.0. The number of ether oxygens (including phenoxy) is 8. The van der Waals surface area contributed by atoms with Crippen LogP contribution in [-0.4, -0.2) is 161 Å². The van der Waals surface area contributed by atoms with Crippen LogP contribution in [0.3, 0.4) is 0 Å². The van der Waals surface area contributed by atoms with Crippen molar-refractivity contribution in [2.24, 2.45) is 10.7 Å². The van der Waals surface area contributed by atoms with E-state index in [2.05, 4.69) is 30.4 Å². The fourth-order valence-electron chi connectivity index (χ4n) is 9.99. The first-order valence-electron chi connectivity index (χ1n) is 31.8. The molecule has 2 amide bonds. The number of nitrogens with one attached hydrogen (secondary N) is 2. The Morgan fingerprint density at radius 1 is 0.530 bits per heavy atom. The van der Waals surface area contributed by atoms with Crippen LogP contribution in [0.25, 0.3) is 38.0 Å². The van der Waals surface area contributed by atoms with Crippen molar-refractivity contribution in [1.29, 1.82) is 0 Å². The van der Waals surface area contributed by atoms with E-state index in [9.17, 15) is 50.3 Å². The molecule has 0 aliphatic heterocycles. The van der Waals surface area contributed by atoms with Crippen molar-refractivity contribution in [2.75, 3.05) is 119 Å². The summed E-state index contributed by atoms with van der Waals surface area (Å²) in [6, 6.07) is 25.5. The van der Waals surface area contributed by atoms with Crippen molar-refractivity contribution in [3.05, 3.63) is 216 Å². The summed E-state index contributed by atoms with van der Waals surface area (Å²) in [5, 5.41) is 9.78. The number of nitrogens with two attached hydrogens (primary N) is 1. The van der Waals surface area contributed by atoms with Crippen molar-refractivity contribution in [3.8, 4) is 28.3 Å². The first-order chi connectivity index (χ1) is 48.2. The number of urea groups is 1. The Morgan fingerprint density at radius 3 is 1.39 bits per heavy atom. The van der Waals surface area contributed by atoms with Gasteiger partial charge in [0.1, 0.15) is 0 Å². The average molecular weight is 1390 g/mol. The molecule has 7 rings (SSSR count). The van der Waals surface area contributed by atoms with Crippen molar-refractivity contribution >= 4 is 40.4 Å². The molecule has 100 heavy (non-hydrogen) atoms. The highest BCUT2D eigenvalue weighted by atomic mass is 19.4. The van der Waals surface area contributed by atoms with Gasteiger partial charge >= 0.3 is 18.4 Å². The summed E-state index contributed by atoms with van der Waals surface area (Å²) in [6.07, 6.45) is -4.96. The number of benzene rings is 4. The van der Waals surface area contributed by atoms with Crippen molar-refractivity contribution in [3.63, 3.8) is 0 Å². The van der Waals surface area contributed by atoms with Crippen LogP contribution in [0.4, 0.5) is 48.2 Å². The molecule has 0 spiro atoms. The maximum Gasteiger partial charge on any atom is 0.416 e. The molecule has 0 radical (unpaired) electrons. The van der Waals surface area contributed by atoms with Gasteiger partial charge in [-0.3, -0.25) is 28.3 Å². The molecule has 0 fully saturated rings. The second-order valence-corrected chi connectivity index (χ2v) is 21.9. The molecule has 0 bridgehead atoms. The molecule has 0 aliphatic carbocycles. The third kappa shape index (κ3) is 23.3. The van der Waals surface area contributed by atoms with E-state index in [1.54, 1.807) is 66.2 Å². The summed E-state index contributed by atoms with van der Waals surface area (Å²) < 4.78 is 131. The SMILES string of the molecule is [C-]#[N+]c1ccc(N=C(C=CN)c2cc(C(=O)CCCOCCOCCOCCOCCNC(=O)NCCOCCOCCOCCOCCCC(=O)c3cc(-c4ccnn4-c4ccc([N+]#[C-])cc4)c(C)n(-c4cccc(C(F)(F)F)c4)c3=O)c(=O)n(-c3cccc(C(F)(F)F)c3)c2C)cc1. The summed E-state index contributed by atoms with van der Waals surface area (Å²) in [5.41, 5.74) is 5.18. The molecule has 29 heteroatoms. The number of ketones is 2. The van der Waals surface area contributed by atoms with Gasteiger partial charge in [-0.25, -0.2) is 24.2 Å². The zero-order valence-corrected chi connectivity index (χ0v) is 55.0. The molecule has 3 heterocycles. The van der Waals surface area contributed by atoms with E-state index in [0.29, 0.717) is 40.6 Å². The van der Waals surface area contributed by atoms with Crippen LogP contribution >= 0.6 is 0 Å². The van der Waals surface area contributed by atoms with E-state index in [-0.39, 0.29) is 183 Å². The lowest BCUT2D eigenvalue weighted by Crippen LogP contribution is -2.39. The van der Waals surface area contributed by atoms with Gasteiger partial charge in [0.05, 0.1) is 157 Å². The molecule has 4 N–H and O–H groups in total. The molecule has 0 unspecified atom stereocenters. The van der Waals surface area contributed by atoms with Gasteiger partial charge in [-0.2, -0.15) is 31.4 Å². The number of rotatable bonds is 41. The van der Waals surface area contributed by atoms with E-state index >= 15 is 0 Å². The Bertz CT molecular complexity index is 4120. The number of aliphatic imine (C=N–C) groups is 1. The zero-order chi connectivity index (χ0) is 71.9. The third-order valence-electron chi connectivity index (χ3n) is 14.9. The minimum Gasteiger partial charge on any atom is -0.405 e. The Hall–Kier alpha value is -9.95.